The quantitative estimate of drug-likeness (QED) is 0.789. The first kappa shape index (κ1) is 16.4. The number of nitrogens with zero attached hydrogens (tertiary/aromatic N) is 1. The SMILES string of the molecule is COCc1cc(C[C@@H]2CC[C@H](O)[C@@H](CNC(C)C)O2)no1. The van der Waals surface area contributed by atoms with Gasteiger partial charge in [-0.25, -0.2) is 0 Å². The molecule has 120 valence electrons. The van der Waals surface area contributed by atoms with Crippen LogP contribution in [-0.2, 0) is 22.5 Å². The fraction of sp³-hybridized carbons (Fsp3) is 0.800. The molecule has 0 amide bonds. The van der Waals surface area contributed by atoms with Crippen molar-refractivity contribution in [1.29, 1.82) is 0 Å². The lowest BCUT2D eigenvalue weighted by Gasteiger charge is -2.34. The van der Waals surface area contributed by atoms with E-state index in [1.165, 1.54) is 0 Å². The molecule has 1 saturated heterocycles. The summed E-state index contributed by atoms with van der Waals surface area (Å²) in [6.45, 7) is 5.26. The van der Waals surface area contributed by atoms with Crippen LogP contribution in [0.25, 0.3) is 0 Å². The first-order valence-electron chi connectivity index (χ1n) is 7.58. The van der Waals surface area contributed by atoms with E-state index in [1.54, 1.807) is 7.11 Å². The van der Waals surface area contributed by atoms with Crippen molar-refractivity contribution in [3.63, 3.8) is 0 Å². The Kier molecular flexibility index (Phi) is 6.17. The van der Waals surface area contributed by atoms with Gasteiger partial charge in [-0.15, -0.1) is 0 Å². The maximum absolute atomic E-state index is 10.0. The van der Waals surface area contributed by atoms with Crippen molar-refractivity contribution < 1.29 is 19.1 Å². The molecule has 6 nitrogen and oxygen atoms in total. The van der Waals surface area contributed by atoms with E-state index in [1.807, 2.05) is 6.07 Å². The van der Waals surface area contributed by atoms with Gasteiger partial charge < -0.3 is 24.4 Å². The van der Waals surface area contributed by atoms with Crippen LogP contribution in [0.4, 0.5) is 0 Å². The number of aromatic nitrogens is 1. The lowest BCUT2D eigenvalue weighted by molar-refractivity contribution is -0.115. The fourth-order valence-corrected chi connectivity index (χ4v) is 2.53. The third-order valence-corrected chi connectivity index (χ3v) is 3.64. The Hall–Kier alpha value is -0.950. The second-order valence-electron chi connectivity index (χ2n) is 5.93. The second-order valence-corrected chi connectivity index (χ2v) is 5.93. The molecule has 1 aromatic rings. The molecule has 2 rings (SSSR count). The molecule has 6 heteroatoms. The summed E-state index contributed by atoms with van der Waals surface area (Å²) in [5.41, 5.74) is 0.874. The van der Waals surface area contributed by atoms with E-state index in [0.717, 1.165) is 24.3 Å². The first-order chi connectivity index (χ1) is 10.1. The summed E-state index contributed by atoms with van der Waals surface area (Å²) < 4.78 is 16.2. The minimum absolute atomic E-state index is 0.0767. The third-order valence-electron chi connectivity index (χ3n) is 3.64. The van der Waals surface area contributed by atoms with Gasteiger partial charge in [0.05, 0.1) is 24.0 Å². The van der Waals surface area contributed by atoms with Crippen molar-refractivity contribution in [3.8, 4) is 0 Å². The maximum Gasteiger partial charge on any atom is 0.162 e. The smallest absolute Gasteiger partial charge is 0.162 e. The van der Waals surface area contributed by atoms with Crippen LogP contribution in [0.15, 0.2) is 10.6 Å². The number of aliphatic hydroxyl groups excluding tert-OH is 1. The summed E-state index contributed by atoms with van der Waals surface area (Å²) in [5.74, 6) is 0.723. The lowest BCUT2D eigenvalue weighted by atomic mass is 9.98. The zero-order valence-corrected chi connectivity index (χ0v) is 13.0. The van der Waals surface area contributed by atoms with Crippen LogP contribution in [0.2, 0.25) is 0 Å². The van der Waals surface area contributed by atoms with Crippen molar-refractivity contribution >= 4 is 0 Å². The van der Waals surface area contributed by atoms with Crippen molar-refractivity contribution in [3.05, 3.63) is 17.5 Å². The van der Waals surface area contributed by atoms with Crippen molar-refractivity contribution in [2.75, 3.05) is 13.7 Å². The van der Waals surface area contributed by atoms with E-state index in [2.05, 4.69) is 24.3 Å². The summed E-state index contributed by atoms with van der Waals surface area (Å²) in [6.07, 6.45) is 1.83. The largest absolute Gasteiger partial charge is 0.390 e. The zero-order chi connectivity index (χ0) is 15.2. The van der Waals surface area contributed by atoms with E-state index in [4.69, 9.17) is 14.0 Å². The van der Waals surface area contributed by atoms with Crippen molar-refractivity contribution in [2.45, 2.75) is 64.1 Å². The Labute approximate surface area is 125 Å². The summed E-state index contributed by atoms with van der Waals surface area (Å²) in [5, 5.41) is 17.4. The normalized spacial score (nSPS) is 26.4. The van der Waals surface area contributed by atoms with Gasteiger partial charge in [-0.05, 0) is 12.8 Å². The van der Waals surface area contributed by atoms with Gasteiger partial charge in [0.15, 0.2) is 5.76 Å². The highest BCUT2D eigenvalue weighted by Gasteiger charge is 2.30. The molecular formula is C15H26N2O4. The monoisotopic (exact) mass is 298 g/mol. The summed E-state index contributed by atoms with van der Waals surface area (Å²) in [6, 6.07) is 2.28. The molecule has 0 bridgehead atoms. The van der Waals surface area contributed by atoms with Gasteiger partial charge in [-0.3, -0.25) is 0 Å². The van der Waals surface area contributed by atoms with Crippen LogP contribution in [0.1, 0.15) is 38.1 Å². The molecule has 3 atom stereocenters. The number of nitrogens with one attached hydrogen (secondary N) is 1. The van der Waals surface area contributed by atoms with Gasteiger partial charge in [-0.1, -0.05) is 19.0 Å². The van der Waals surface area contributed by atoms with Gasteiger partial charge in [0.1, 0.15) is 6.61 Å². The van der Waals surface area contributed by atoms with Crippen LogP contribution in [0, 0.1) is 0 Å². The second kappa shape index (κ2) is 7.89. The predicted octanol–water partition coefficient (Wildman–Crippen LogP) is 1.27. The highest BCUT2D eigenvalue weighted by atomic mass is 16.5. The molecule has 2 heterocycles. The molecule has 0 aliphatic carbocycles. The Morgan fingerprint density at radius 3 is 3.00 bits per heavy atom. The molecule has 1 aliphatic heterocycles. The Morgan fingerprint density at radius 1 is 1.48 bits per heavy atom. The summed E-state index contributed by atoms with van der Waals surface area (Å²) >= 11 is 0. The number of aliphatic hydroxyl groups is 1. The van der Waals surface area contributed by atoms with Crippen molar-refractivity contribution in [1.82, 2.24) is 10.5 Å². The molecule has 1 aromatic heterocycles. The molecule has 0 saturated carbocycles. The van der Waals surface area contributed by atoms with E-state index in [-0.39, 0.29) is 12.2 Å². The molecule has 0 aromatic carbocycles. The minimum Gasteiger partial charge on any atom is -0.390 e. The number of hydrogen-bond donors (Lipinski definition) is 2. The average Bonchev–Trinajstić information content (AvgIpc) is 2.87. The van der Waals surface area contributed by atoms with E-state index < -0.39 is 6.10 Å². The molecule has 21 heavy (non-hydrogen) atoms. The number of methoxy groups -OCH3 is 1. The lowest BCUT2D eigenvalue weighted by Crippen LogP contribution is -2.46. The summed E-state index contributed by atoms with van der Waals surface area (Å²) in [7, 11) is 1.63. The number of ether oxygens (including phenoxy) is 2. The van der Waals surface area contributed by atoms with Crippen LogP contribution in [0.3, 0.4) is 0 Å². The van der Waals surface area contributed by atoms with Crippen molar-refractivity contribution in [2.24, 2.45) is 0 Å². The first-order valence-corrected chi connectivity index (χ1v) is 7.58. The van der Waals surface area contributed by atoms with Crippen LogP contribution in [0.5, 0.6) is 0 Å². The minimum atomic E-state index is -0.395. The van der Waals surface area contributed by atoms with Gasteiger partial charge in [0.25, 0.3) is 0 Å². The average molecular weight is 298 g/mol. The Morgan fingerprint density at radius 2 is 2.29 bits per heavy atom. The van der Waals surface area contributed by atoms with Gasteiger partial charge in [-0.2, -0.15) is 0 Å². The molecule has 0 spiro atoms. The molecule has 0 unspecified atom stereocenters. The fourth-order valence-electron chi connectivity index (χ4n) is 2.53. The van der Waals surface area contributed by atoms with Gasteiger partial charge in [0, 0.05) is 32.2 Å². The number of hydrogen-bond acceptors (Lipinski definition) is 6. The van der Waals surface area contributed by atoms with E-state index >= 15 is 0 Å². The van der Waals surface area contributed by atoms with E-state index in [9.17, 15) is 5.11 Å². The highest BCUT2D eigenvalue weighted by Crippen LogP contribution is 2.22. The molecule has 0 radical (unpaired) electrons. The predicted molar refractivity (Wildman–Crippen MR) is 78.0 cm³/mol. The third kappa shape index (κ3) is 5.07. The zero-order valence-electron chi connectivity index (χ0n) is 13.0. The standard InChI is InChI=1S/C15H26N2O4/c1-10(2)16-8-15-14(18)5-4-12(20-15)6-11-7-13(9-19-3)21-17-11/h7,10,12,14-16,18H,4-6,8-9H2,1-3H3/t12-,14-,15+/m0/s1. The Bertz CT molecular complexity index is 422. The highest BCUT2D eigenvalue weighted by molar-refractivity contribution is 5.06. The maximum atomic E-state index is 10.0. The molecular weight excluding hydrogens is 272 g/mol. The molecule has 1 aliphatic rings. The van der Waals surface area contributed by atoms with Crippen LogP contribution < -0.4 is 5.32 Å². The molecule has 1 fully saturated rings. The molecule has 2 N–H and O–H groups in total. The van der Waals surface area contributed by atoms with Gasteiger partial charge >= 0.3 is 0 Å². The topological polar surface area (TPSA) is 76.8 Å². The summed E-state index contributed by atoms with van der Waals surface area (Å²) in [4.78, 5) is 0. The Balaban J connectivity index is 1.85. The number of rotatable bonds is 7. The van der Waals surface area contributed by atoms with Crippen LogP contribution in [-0.4, -0.2) is 48.3 Å². The van der Waals surface area contributed by atoms with E-state index in [0.29, 0.717) is 25.6 Å². The van der Waals surface area contributed by atoms with Gasteiger partial charge in [0.2, 0.25) is 0 Å². The van der Waals surface area contributed by atoms with Crippen LogP contribution >= 0.6 is 0 Å².